The van der Waals surface area contributed by atoms with Gasteiger partial charge in [0.1, 0.15) is 5.82 Å². The summed E-state index contributed by atoms with van der Waals surface area (Å²) in [5, 5.41) is 2.50. The molecule has 0 bridgehead atoms. The summed E-state index contributed by atoms with van der Waals surface area (Å²) in [7, 11) is 0. The van der Waals surface area contributed by atoms with Crippen LogP contribution in [0, 0.1) is 11.6 Å². The van der Waals surface area contributed by atoms with E-state index in [9.17, 15) is 13.6 Å². The van der Waals surface area contributed by atoms with Gasteiger partial charge < -0.3 is 14.8 Å². The van der Waals surface area contributed by atoms with Gasteiger partial charge in [0.25, 0.3) is 5.91 Å². The number of aromatic nitrogens is 1. The Labute approximate surface area is 139 Å². The van der Waals surface area contributed by atoms with Crippen molar-refractivity contribution in [2.45, 2.75) is 45.3 Å². The highest BCUT2D eigenvalue weighted by molar-refractivity contribution is 6.31. The largest absolute Gasteiger partial charge is 0.347 e. The predicted molar refractivity (Wildman–Crippen MR) is 84.2 cm³/mol. The van der Waals surface area contributed by atoms with E-state index in [1.807, 2.05) is 13.8 Å². The van der Waals surface area contributed by atoms with Crippen LogP contribution in [0.5, 0.6) is 0 Å². The zero-order valence-corrected chi connectivity index (χ0v) is 13.7. The minimum Gasteiger partial charge on any atom is -0.347 e. The van der Waals surface area contributed by atoms with Crippen molar-refractivity contribution in [1.29, 1.82) is 0 Å². The van der Waals surface area contributed by atoms with Crippen LogP contribution in [0.1, 0.15) is 45.1 Å². The molecule has 1 amide bonds. The number of pyridine rings is 1. The Bertz CT molecular complexity index is 697. The fraction of sp³-hybridized carbons (Fsp3) is 0.529. The first kappa shape index (κ1) is 17.0. The number of amides is 1. The molecule has 1 saturated heterocycles. The number of anilines is 1. The van der Waals surface area contributed by atoms with Gasteiger partial charge in [0, 0.05) is 12.8 Å². The lowest BCUT2D eigenvalue weighted by molar-refractivity contribution is -0.167. The van der Waals surface area contributed by atoms with E-state index in [2.05, 4.69) is 10.3 Å². The van der Waals surface area contributed by atoms with Crippen LogP contribution in [0.25, 0.3) is 5.57 Å². The topological polar surface area (TPSA) is 60.5 Å². The van der Waals surface area contributed by atoms with Crippen molar-refractivity contribution in [2.24, 2.45) is 0 Å². The molecule has 1 aromatic rings. The first-order valence-corrected chi connectivity index (χ1v) is 8.25. The number of nitrogens with zero attached hydrogens (tertiary/aromatic N) is 1. The van der Waals surface area contributed by atoms with Crippen molar-refractivity contribution in [1.82, 2.24) is 4.98 Å². The highest BCUT2D eigenvalue weighted by Crippen LogP contribution is 2.44. The molecule has 7 heteroatoms. The van der Waals surface area contributed by atoms with Crippen LogP contribution in [0.4, 0.5) is 14.6 Å². The summed E-state index contributed by atoms with van der Waals surface area (Å²) in [6.07, 6.45) is 3.30. The van der Waals surface area contributed by atoms with Gasteiger partial charge in [0.2, 0.25) is 0 Å². The molecule has 3 aliphatic rings. The third kappa shape index (κ3) is 2.71. The molecular weight excluding hydrogens is 318 g/mol. The molecule has 1 spiro atoms. The maximum Gasteiger partial charge on any atom is 0.257 e. The molecule has 0 radical (unpaired) electrons. The smallest absolute Gasteiger partial charge is 0.257 e. The van der Waals surface area contributed by atoms with Crippen LogP contribution in [-0.4, -0.2) is 29.9 Å². The average molecular weight is 338 g/mol. The van der Waals surface area contributed by atoms with Gasteiger partial charge in [-0.05, 0) is 12.8 Å². The molecule has 1 saturated carbocycles. The number of nitrogens with one attached hydrogen (secondary N) is 1. The van der Waals surface area contributed by atoms with Crippen molar-refractivity contribution in [3.05, 3.63) is 29.0 Å². The molecule has 1 aromatic heterocycles. The Balaban J connectivity index is 0.000000815. The van der Waals surface area contributed by atoms with Gasteiger partial charge >= 0.3 is 0 Å². The molecule has 3 heterocycles. The van der Waals surface area contributed by atoms with Crippen molar-refractivity contribution in [3.63, 3.8) is 0 Å². The molecule has 4 rings (SSSR count). The molecule has 1 aliphatic carbocycles. The number of hydrogen-bond donors (Lipinski definition) is 1. The monoisotopic (exact) mass is 338 g/mol. The standard InChI is InChI=1S/C15H14F2N2O3.C2H6/c16-9-7-18-13-11(12(9)17)10(14(20)19-13)8-2-1-3-15(6-8)21-4-5-22-15;1-2/h7H,1-6H2,(H,18,19,20);1-2H3/b10-8-;. The number of ether oxygens (including phenoxy) is 2. The van der Waals surface area contributed by atoms with Gasteiger partial charge in [0.15, 0.2) is 17.4 Å². The molecular formula is C17H20F2N2O3. The Kier molecular flexibility index (Phi) is 4.64. The Hall–Kier alpha value is -1.86. The number of carbonyl (C=O) groups is 1. The summed E-state index contributed by atoms with van der Waals surface area (Å²) >= 11 is 0. The van der Waals surface area contributed by atoms with Gasteiger partial charge in [0.05, 0.1) is 30.5 Å². The van der Waals surface area contributed by atoms with Gasteiger partial charge in [-0.25, -0.2) is 13.8 Å². The summed E-state index contributed by atoms with van der Waals surface area (Å²) in [5.41, 5.74) is 0.837. The van der Waals surface area contributed by atoms with E-state index in [0.717, 1.165) is 24.6 Å². The summed E-state index contributed by atoms with van der Waals surface area (Å²) in [6.45, 7) is 5.02. The first-order valence-electron chi connectivity index (χ1n) is 8.25. The highest BCUT2D eigenvalue weighted by atomic mass is 19.2. The van der Waals surface area contributed by atoms with E-state index in [0.29, 0.717) is 26.1 Å². The van der Waals surface area contributed by atoms with Crippen LogP contribution < -0.4 is 5.32 Å². The zero-order chi connectivity index (χ0) is 17.3. The number of halogens is 2. The minimum atomic E-state index is -1.06. The van der Waals surface area contributed by atoms with Crippen LogP contribution in [-0.2, 0) is 14.3 Å². The average Bonchev–Trinajstić information content (AvgIpc) is 3.17. The SMILES string of the molecule is CC.O=C1Nc2ncc(F)c(F)c2/C1=C1\CCCC2(C1)OCCO2. The fourth-order valence-corrected chi connectivity index (χ4v) is 3.44. The molecule has 2 fully saturated rings. The van der Waals surface area contributed by atoms with Crippen molar-refractivity contribution < 1.29 is 23.0 Å². The molecule has 1 N–H and O–H groups in total. The zero-order valence-electron chi connectivity index (χ0n) is 13.7. The second-order valence-electron chi connectivity index (χ2n) is 5.71. The first-order chi connectivity index (χ1) is 11.6. The van der Waals surface area contributed by atoms with Crippen LogP contribution in [0.15, 0.2) is 11.8 Å². The fourth-order valence-electron chi connectivity index (χ4n) is 3.44. The minimum absolute atomic E-state index is 0.0688. The van der Waals surface area contributed by atoms with Gasteiger partial charge in [-0.15, -0.1) is 0 Å². The van der Waals surface area contributed by atoms with E-state index in [1.54, 1.807) is 0 Å². The van der Waals surface area contributed by atoms with E-state index in [4.69, 9.17) is 9.47 Å². The molecule has 0 unspecified atom stereocenters. The lowest BCUT2D eigenvalue weighted by Gasteiger charge is -2.33. The number of carbonyl (C=O) groups excluding carboxylic acids is 1. The molecule has 0 aromatic carbocycles. The molecule has 5 nitrogen and oxygen atoms in total. The molecule has 0 atom stereocenters. The van der Waals surface area contributed by atoms with Gasteiger partial charge in [-0.2, -0.15) is 0 Å². The molecule has 2 aliphatic heterocycles. The second-order valence-corrected chi connectivity index (χ2v) is 5.71. The lowest BCUT2D eigenvalue weighted by atomic mass is 9.85. The molecule has 130 valence electrons. The highest BCUT2D eigenvalue weighted by Gasteiger charge is 2.42. The summed E-state index contributed by atoms with van der Waals surface area (Å²) in [6, 6.07) is 0. The van der Waals surface area contributed by atoms with Crippen molar-refractivity contribution in [2.75, 3.05) is 18.5 Å². The van der Waals surface area contributed by atoms with Crippen molar-refractivity contribution >= 4 is 17.3 Å². The van der Waals surface area contributed by atoms with E-state index < -0.39 is 23.3 Å². The van der Waals surface area contributed by atoms with Crippen LogP contribution in [0.2, 0.25) is 0 Å². The van der Waals surface area contributed by atoms with Crippen LogP contribution in [0.3, 0.4) is 0 Å². The summed E-state index contributed by atoms with van der Waals surface area (Å²) in [5.74, 6) is -3.21. The molecule has 24 heavy (non-hydrogen) atoms. The Morgan fingerprint density at radius 3 is 2.67 bits per heavy atom. The van der Waals surface area contributed by atoms with E-state index in [-0.39, 0.29) is 17.0 Å². The number of hydrogen-bond acceptors (Lipinski definition) is 4. The maximum atomic E-state index is 14.1. The quantitative estimate of drug-likeness (QED) is 0.737. The summed E-state index contributed by atoms with van der Waals surface area (Å²) in [4.78, 5) is 16.0. The Morgan fingerprint density at radius 1 is 1.25 bits per heavy atom. The Morgan fingerprint density at radius 2 is 1.96 bits per heavy atom. The van der Waals surface area contributed by atoms with Crippen molar-refractivity contribution in [3.8, 4) is 0 Å². The third-order valence-electron chi connectivity index (χ3n) is 4.37. The van der Waals surface area contributed by atoms with E-state index >= 15 is 0 Å². The predicted octanol–water partition coefficient (Wildman–Crippen LogP) is 3.41. The number of fused-ring (bicyclic) bond motifs is 1. The van der Waals surface area contributed by atoms with Gasteiger partial charge in [-0.3, -0.25) is 4.79 Å². The third-order valence-corrected chi connectivity index (χ3v) is 4.37. The van der Waals surface area contributed by atoms with Gasteiger partial charge in [-0.1, -0.05) is 19.4 Å². The van der Waals surface area contributed by atoms with E-state index in [1.165, 1.54) is 0 Å². The lowest BCUT2D eigenvalue weighted by Crippen LogP contribution is -2.34. The normalized spacial score (nSPS) is 24.4. The second kappa shape index (κ2) is 6.57. The van der Waals surface area contributed by atoms with Crippen LogP contribution >= 0.6 is 0 Å². The summed E-state index contributed by atoms with van der Waals surface area (Å²) < 4.78 is 39.0. The maximum absolute atomic E-state index is 14.1. The number of rotatable bonds is 0.